The predicted octanol–water partition coefficient (Wildman–Crippen LogP) is 6.39. The lowest BCUT2D eigenvalue weighted by atomic mass is 9.89. The monoisotopic (exact) mass is 506 g/mol. The molecule has 0 amide bonds. The summed E-state index contributed by atoms with van der Waals surface area (Å²) in [5.74, 6) is 0.982. The van der Waals surface area contributed by atoms with E-state index in [1.54, 1.807) is 0 Å². The molecule has 2 aliphatic carbocycles. The highest BCUT2D eigenvalue weighted by atomic mass is 28.3. The molecule has 4 atom stereocenters. The lowest BCUT2D eigenvalue weighted by Gasteiger charge is -2.46. The number of benzene rings is 3. The van der Waals surface area contributed by atoms with Gasteiger partial charge in [0.1, 0.15) is 0 Å². The summed E-state index contributed by atoms with van der Waals surface area (Å²) in [7, 11) is -0.159. The van der Waals surface area contributed by atoms with Gasteiger partial charge in [-0.25, -0.2) is 0 Å². The SMILES string of the molecule is Cc1ccc([Si](NC(C)(C)C)(c2ccc(C)cc2)C2CC(N(C)c3ccccc3)C3C=CC=CC32)cc1. The zero-order valence-corrected chi connectivity index (χ0v) is 24.3. The van der Waals surface area contributed by atoms with Crippen LogP contribution in [0, 0.1) is 25.7 Å². The molecule has 0 radical (unpaired) electrons. The van der Waals surface area contributed by atoms with E-state index in [-0.39, 0.29) is 5.54 Å². The summed E-state index contributed by atoms with van der Waals surface area (Å²) in [6, 6.07) is 30.3. The Morgan fingerprint density at radius 2 is 1.24 bits per heavy atom. The van der Waals surface area contributed by atoms with E-state index in [0.717, 1.165) is 6.42 Å². The highest BCUT2D eigenvalue weighted by Crippen LogP contribution is 2.51. The Morgan fingerprint density at radius 3 is 1.76 bits per heavy atom. The van der Waals surface area contributed by atoms with Gasteiger partial charge in [0.05, 0.1) is 0 Å². The van der Waals surface area contributed by atoms with Gasteiger partial charge in [-0.05, 0) is 75.0 Å². The average Bonchev–Trinajstić information content (AvgIpc) is 3.28. The maximum atomic E-state index is 4.38. The first-order valence-corrected chi connectivity index (χ1v) is 15.8. The topological polar surface area (TPSA) is 15.3 Å². The molecule has 2 aliphatic rings. The van der Waals surface area contributed by atoms with Crippen LogP contribution in [0.4, 0.5) is 5.69 Å². The quantitative estimate of drug-likeness (QED) is 0.390. The number of aryl methyl sites for hydroxylation is 2. The maximum Gasteiger partial charge on any atom is 0.194 e. The summed E-state index contributed by atoms with van der Waals surface area (Å²) in [5, 5.41) is 2.98. The summed E-state index contributed by atoms with van der Waals surface area (Å²) < 4.78 is 0. The van der Waals surface area contributed by atoms with Crippen LogP contribution in [-0.2, 0) is 0 Å². The van der Waals surface area contributed by atoms with Crippen LogP contribution in [0.25, 0.3) is 0 Å². The maximum absolute atomic E-state index is 4.38. The van der Waals surface area contributed by atoms with E-state index in [9.17, 15) is 0 Å². The van der Waals surface area contributed by atoms with Crippen molar-refractivity contribution in [3.05, 3.63) is 114 Å². The van der Waals surface area contributed by atoms with Crippen LogP contribution in [0.5, 0.6) is 0 Å². The first kappa shape index (κ1) is 25.8. The number of fused-ring (bicyclic) bond motifs is 1. The predicted molar refractivity (Wildman–Crippen MR) is 163 cm³/mol. The van der Waals surface area contributed by atoms with Gasteiger partial charge in [-0.3, -0.25) is 0 Å². The van der Waals surface area contributed by atoms with E-state index < -0.39 is 8.24 Å². The number of rotatable bonds is 6. The summed E-state index contributed by atoms with van der Waals surface area (Å²) in [6.45, 7) is 11.4. The van der Waals surface area contributed by atoms with Crippen molar-refractivity contribution >= 4 is 24.3 Å². The van der Waals surface area contributed by atoms with Crippen molar-refractivity contribution in [1.82, 2.24) is 4.98 Å². The van der Waals surface area contributed by atoms with Crippen molar-refractivity contribution in [1.29, 1.82) is 0 Å². The summed E-state index contributed by atoms with van der Waals surface area (Å²) in [4.78, 5) is 6.92. The molecule has 2 nitrogen and oxygen atoms in total. The van der Waals surface area contributed by atoms with Gasteiger partial charge in [-0.15, -0.1) is 0 Å². The third kappa shape index (κ3) is 5.00. The van der Waals surface area contributed by atoms with Gasteiger partial charge in [0.2, 0.25) is 0 Å². The molecule has 1 saturated carbocycles. The molecule has 4 unspecified atom stereocenters. The molecule has 5 rings (SSSR count). The second-order valence-electron chi connectivity index (χ2n) is 12.2. The van der Waals surface area contributed by atoms with Crippen LogP contribution in [0.3, 0.4) is 0 Å². The molecule has 192 valence electrons. The third-order valence-corrected chi connectivity index (χ3v) is 13.8. The van der Waals surface area contributed by atoms with Crippen molar-refractivity contribution < 1.29 is 0 Å². The Morgan fingerprint density at radius 1 is 0.730 bits per heavy atom. The molecule has 3 aromatic rings. The Kier molecular flexibility index (Phi) is 7.04. The molecule has 0 aromatic heterocycles. The van der Waals surface area contributed by atoms with E-state index in [4.69, 9.17) is 0 Å². The molecular weight excluding hydrogens is 464 g/mol. The van der Waals surface area contributed by atoms with Crippen molar-refractivity contribution in [3.8, 4) is 0 Å². The Labute approximate surface area is 225 Å². The van der Waals surface area contributed by atoms with Crippen molar-refractivity contribution in [2.24, 2.45) is 11.8 Å². The fourth-order valence-electron chi connectivity index (χ4n) is 6.80. The minimum Gasteiger partial charge on any atom is -0.371 e. The molecule has 3 heteroatoms. The molecule has 0 saturated heterocycles. The molecule has 37 heavy (non-hydrogen) atoms. The zero-order valence-electron chi connectivity index (χ0n) is 23.3. The second-order valence-corrected chi connectivity index (χ2v) is 16.0. The highest BCUT2D eigenvalue weighted by Gasteiger charge is 2.56. The van der Waals surface area contributed by atoms with Crippen molar-refractivity contribution in [2.45, 2.75) is 58.2 Å². The fourth-order valence-corrected chi connectivity index (χ4v) is 12.5. The van der Waals surface area contributed by atoms with Crippen molar-refractivity contribution in [2.75, 3.05) is 11.9 Å². The average molecular weight is 507 g/mol. The number of anilines is 1. The van der Waals surface area contributed by atoms with Crippen LogP contribution < -0.4 is 20.3 Å². The molecule has 3 aromatic carbocycles. The van der Waals surface area contributed by atoms with Gasteiger partial charge >= 0.3 is 0 Å². The molecule has 0 bridgehead atoms. The standard InChI is InChI=1S/C34H42N2Si/c1-25-16-20-28(21-17-25)37(35-34(3,4)5,29-22-18-26(2)19-23-29)33-24-32(30-14-10-11-15-31(30)33)36(6)27-12-8-7-9-13-27/h7-23,30-33,35H,24H2,1-6H3. The molecule has 0 heterocycles. The number of allylic oxidation sites excluding steroid dienone is 3. The van der Waals surface area contributed by atoms with Gasteiger partial charge in [0, 0.05) is 30.2 Å². The molecule has 0 spiro atoms. The molecule has 0 aliphatic heterocycles. The summed E-state index contributed by atoms with van der Waals surface area (Å²) in [6.07, 6.45) is 10.7. The lowest BCUT2D eigenvalue weighted by molar-refractivity contribution is 0.478. The minimum absolute atomic E-state index is 0.0187. The Hall–Kier alpha value is -2.88. The third-order valence-electron chi connectivity index (χ3n) is 8.43. The largest absolute Gasteiger partial charge is 0.371 e. The Bertz CT molecular complexity index is 1210. The van der Waals surface area contributed by atoms with Crippen molar-refractivity contribution in [3.63, 3.8) is 0 Å². The fraction of sp³-hybridized carbons (Fsp3) is 0.353. The van der Waals surface area contributed by atoms with E-state index >= 15 is 0 Å². The highest BCUT2D eigenvalue weighted by molar-refractivity contribution is 7.01. The van der Waals surface area contributed by atoms with Crippen LogP contribution in [-0.4, -0.2) is 26.9 Å². The molecule has 1 fully saturated rings. The van der Waals surface area contributed by atoms with E-state index in [2.05, 4.69) is 155 Å². The minimum atomic E-state index is -2.45. The van der Waals surface area contributed by atoms with Gasteiger partial charge in [0.15, 0.2) is 8.24 Å². The number of hydrogen-bond donors (Lipinski definition) is 1. The number of para-hydroxylation sites is 1. The smallest absolute Gasteiger partial charge is 0.194 e. The molecule has 1 N–H and O–H groups in total. The van der Waals surface area contributed by atoms with E-state index in [1.807, 2.05) is 0 Å². The first-order chi connectivity index (χ1) is 17.7. The normalized spacial score (nSPS) is 23.2. The summed E-state index contributed by atoms with van der Waals surface area (Å²) in [5.41, 5.74) is 4.43. The number of nitrogens with one attached hydrogen (secondary N) is 1. The van der Waals surface area contributed by atoms with Crippen LogP contribution in [0.1, 0.15) is 38.3 Å². The van der Waals surface area contributed by atoms with Crippen LogP contribution in [0.2, 0.25) is 5.54 Å². The second kappa shape index (κ2) is 10.1. The Balaban J connectivity index is 1.70. The van der Waals surface area contributed by atoms with Gasteiger partial charge in [-0.1, -0.05) is 102 Å². The van der Waals surface area contributed by atoms with Gasteiger partial charge in [0.25, 0.3) is 0 Å². The zero-order chi connectivity index (χ0) is 26.2. The van der Waals surface area contributed by atoms with Crippen LogP contribution >= 0.6 is 0 Å². The number of nitrogens with zero attached hydrogens (tertiary/aromatic N) is 1. The number of hydrogen-bond acceptors (Lipinski definition) is 2. The lowest BCUT2D eigenvalue weighted by Crippen LogP contribution is -2.75. The van der Waals surface area contributed by atoms with Crippen LogP contribution in [0.15, 0.2) is 103 Å². The van der Waals surface area contributed by atoms with Gasteiger partial charge < -0.3 is 9.88 Å². The van der Waals surface area contributed by atoms with E-state index in [1.165, 1.54) is 27.2 Å². The van der Waals surface area contributed by atoms with E-state index in [0.29, 0.717) is 23.4 Å². The first-order valence-electron chi connectivity index (χ1n) is 13.8. The molecular formula is C34H42N2Si. The van der Waals surface area contributed by atoms with Gasteiger partial charge in [-0.2, -0.15) is 0 Å². The summed E-state index contributed by atoms with van der Waals surface area (Å²) >= 11 is 0.